The summed E-state index contributed by atoms with van der Waals surface area (Å²) in [5.41, 5.74) is 9.72. The van der Waals surface area contributed by atoms with Crippen molar-refractivity contribution in [1.29, 1.82) is 5.41 Å². The molecule has 0 fully saturated rings. The minimum absolute atomic E-state index is 0.0440. The zero-order valence-electron chi connectivity index (χ0n) is 11.1. The number of nitrogens with two attached hydrogens (primary N) is 1. The number of aromatic amines is 1. The van der Waals surface area contributed by atoms with Crippen LogP contribution in [0.3, 0.4) is 0 Å². The van der Waals surface area contributed by atoms with Crippen LogP contribution in [0.1, 0.15) is 18.2 Å². The number of aromatic nitrogens is 3. The Morgan fingerprint density at radius 1 is 1.25 bits per heavy atom. The maximum absolute atomic E-state index is 7.46. The average Bonchev–Trinajstić information content (AvgIpc) is 2.90. The fourth-order valence-corrected chi connectivity index (χ4v) is 2.10. The average molecular weight is 265 g/mol. The molecule has 0 saturated carbocycles. The van der Waals surface area contributed by atoms with Gasteiger partial charge in [-0.1, -0.05) is 13.0 Å². The minimum Gasteiger partial charge on any atom is -0.384 e. The molecular formula is C15H15N5. The summed E-state index contributed by atoms with van der Waals surface area (Å²) >= 11 is 0. The van der Waals surface area contributed by atoms with E-state index < -0.39 is 0 Å². The van der Waals surface area contributed by atoms with Crippen molar-refractivity contribution < 1.29 is 0 Å². The van der Waals surface area contributed by atoms with Crippen LogP contribution >= 0.6 is 0 Å². The van der Waals surface area contributed by atoms with Crippen molar-refractivity contribution >= 4 is 16.9 Å². The van der Waals surface area contributed by atoms with E-state index in [2.05, 4.69) is 21.9 Å². The Morgan fingerprint density at radius 2 is 2.10 bits per heavy atom. The zero-order chi connectivity index (χ0) is 14.1. The lowest BCUT2D eigenvalue weighted by molar-refractivity contribution is 1.03. The van der Waals surface area contributed by atoms with Crippen molar-refractivity contribution in [3.63, 3.8) is 0 Å². The number of nitrogen functional groups attached to an aromatic ring is 1. The van der Waals surface area contributed by atoms with E-state index in [0.29, 0.717) is 5.56 Å². The molecule has 0 bridgehead atoms. The number of benzene rings is 1. The van der Waals surface area contributed by atoms with E-state index in [4.69, 9.17) is 11.1 Å². The lowest BCUT2D eigenvalue weighted by Gasteiger charge is -1.98. The number of hydrogen-bond acceptors (Lipinski definition) is 3. The van der Waals surface area contributed by atoms with Gasteiger partial charge in [-0.05, 0) is 36.8 Å². The maximum atomic E-state index is 7.46. The molecule has 3 rings (SSSR count). The van der Waals surface area contributed by atoms with Crippen LogP contribution in [-0.2, 0) is 6.42 Å². The highest BCUT2D eigenvalue weighted by Crippen LogP contribution is 2.20. The van der Waals surface area contributed by atoms with Gasteiger partial charge in [0.15, 0.2) is 5.82 Å². The van der Waals surface area contributed by atoms with Gasteiger partial charge in [-0.2, -0.15) is 0 Å². The molecule has 0 unspecified atom stereocenters. The molecule has 5 heteroatoms. The highest BCUT2D eigenvalue weighted by atomic mass is 14.9. The topological polar surface area (TPSA) is 91.4 Å². The normalized spacial score (nSPS) is 10.8. The molecule has 2 heterocycles. The smallest absolute Gasteiger partial charge is 0.157 e. The Balaban J connectivity index is 2.10. The van der Waals surface area contributed by atoms with Gasteiger partial charge in [0.1, 0.15) is 11.5 Å². The fraction of sp³-hybridized carbons (Fsp3) is 0.133. The summed E-state index contributed by atoms with van der Waals surface area (Å²) in [5.74, 6) is 0.776. The van der Waals surface area contributed by atoms with E-state index in [1.54, 1.807) is 6.07 Å². The van der Waals surface area contributed by atoms with E-state index >= 15 is 0 Å². The predicted molar refractivity (Wildman–Crippen MR) is 79.7 cm³/mol. The molecule has 20 heavy (non-hydrogen) atoms. The van der Waals surface area contributed by atoms with E-state index in [0.717, 1.165) is 34.7 Å². The number of amidine groups is 1. The van der Waals surface area contributed by atoms with Crippen LogP contribution in [0.15, 0.2) is 36.4 Å². The maximum Gasteiger partial charge on any atom is 0.157 e. The Kier molecular flexibility index (Phi) is 2.95. The fourth-order valence-electron chi connectivity index (χ4n) is 2.10. The largest absolute Gasteiger partial charge is 0.384 e. The molecular weight excluding hydrogens is 250 g/mol. The van der Waals surface area contributed by atoms with Gasteiger partial charge >= 0.3 is 0 Å². The van der Waals surface area contributed by atoms with Crippen LogP contribution in [-0.4, -0.2) is 20.8 Å². The summed E-state index contributed by atoms with van der Waals surface area (Å²) in [6, 6.07) is 11.4. The third kappa shape index (κ3) is 2.14. The first kappa shape index (κ1) is 12.3. The summed E-state index contributed by atoms with van der Waals surface area (Å²) in [4.78, 5) is 12.3. The van der Waals surface area contributed by atoms with Crippen LogP contribution < -0.4 is 5.73 Å². The number of nitrogens with zero attached hydrogens (tertiary/aromatic N) is 2. The zero-order valence-corrected chi connectivity index (χ0v) is 11.1. The third-order valence-corrected chi connectivity index (χ3v) is 3.21. The van der Waals surface area contributed by atoms with Gasteiger partial charge in [-0.25, -0.2) is 9.97 Å². The van der Waals surface area contributed by atoms with Crippen LogP contribution in [0.4, 0.5) is 0 Å². The van der Waals surface area contributed by atoms with E-state index in [1.807, 2.05) is 30.3 Å². The Morgan fingerprint density at radius 3 is 2.85 bits per heavy atom. The van der Waals surface area contributed by atoms with Crippen LogP contribution in [0.25, 0.3) is 22.6 Å². The first-order valence-electron chi connectivity index (χ1n) is 6.48. The number of pyridine rings is 1. The second-order valence-electron chi connectivity index (χ2n) is 4.60. The number of imidazole rings is 1. The van der Waals surface area contributed by atoms with Gasteiger partial charge in [-0.3, -0.25) is 5.41 Å². The Labute approximate surface area is 116 Å². The van der Waals surface area contributed by atoms with Crippen LogP contribution in [0.5, 0.6) is 0 Å². The summed E-state index contributed by atoms with van der Waals surface area (Å²) in [6.07, 6.45) is 0.891. The van der Waals surface area contributed by atoms with E-state index in [-0.39, 0.29) is 5.84 Å². The van der Waals surface area contributed by atoms with E-state index in [9.17, 15) is 0 Å². The highest BCUT2D eigenvalue weighted by molar-refractivity contribution is 5.98. The molecule has 0 saturated heterocycles. The summed E-state index contributed by atoms with van der Waals surface area (Å²) in [7, 11) is 0. The van der Waals surface area contributed by atoms with Crippen molar-refractivity contribution in [2.24, 2.45) is 5.73 Å². The quantitative estimate of drug-likeness (QED) is 0.502. The van der Waals surface area contributed by atoms with Gasteiger partial charge in [0.05, 0.1) is 11.0 Å². The second kappa shape index (κ2) is 4.77. The Hall–Kier alpha value is -2.69. The van der Waals surface area contributed by atoms with Crippen LogP contribution in [0, 0.1) is 5.41 Å². The monoisotopic (exact) mass is 265 g/mol. The summed E-state index contributed by atoms with van der Waals surface area (Å²) in [5, 5.41) is 7.46. The first-order chi connectivity index (χ1) is 9.67. The van der Waals surface area contributed by atoms with Crippen molar-refractivity contribution in [3.05, 3.63) is 47.7 Å². The molecule has 2 aromatic heterocycles. The number of rotatable bonds is 3. The third-order valence-electron chi connectivity index (χ3n) is 3.21. The molecule has 4 N–H and O–H groups in total. The highest BCUT2D eigenvalue weighted by Gasteiger charge is 2.08. The predicted octanol–water partition coefficient (Wildman–Crippen LogP) is 2.47. The summed E-state index contributed by atoms with van der Waals surface area (Å²) in [6.45, 7) is 2.07. The standard InChI is InChI=1S/C15H15N5/c1-2-10-4-3-5-12(18-10)15-19-11-7-6-9(14(16)17)8-13(11)20-15/h3-8H,2H2,1H3,(H3,16,17)(H,19,20). The molecule has 0 aliphatic heterocycles. The van der Waals surface area contributed by atoms with Gasteiger partial charge in [0.2, 0.25) is 0 Å². The molecule has 0 spiro atoms. The molecule has 100 valence electrons. The SMILES string of the molecule is CCc1cccc(-c2nc3cc(C(=N)N)ccc3[nH]2)n1. The molecule has 3 aromatic rings. The lowest BCUT2D eigenvalue weighted by Crippen LogP contribution is -2.10. The first-order valence-corrected chi connectivity index (χ1v) is 6.48. The van der Waals surface area contributed by atoms with Crippen molar-refractivity contribution in [2.75, 3.05) is 0 Å². The number of fused-ring (bicyclic) bond motifs is 1. The van der Waals surface area contributed by atoms with Crippen molar-refractivity contribution in [2.45, 2.75) is 13.3 Å². The van der Waals surface area contributed by atoms with Gasteiger partial charge < -0.3 is 10.7 Å². The molecule has 0 aliphatic rings. The molecule has 0 atom stereocenters. The Bertz CT molecular complexity index is 788. The number of nitrogens with one attached hydrogen (secondary N) is 2. The van der Waals surface area contributed by atoms with Crippen molar-refractivity contribution in [3.8, 4) is 11.5 Å². The lowest BCUT2D eigenvalue weighted by atomic mass is 10.2. The van der Waals surface area contributed by atoms with Crippen molar-refractivity contribution in [1.82, 2.24) is 15.0 Å². The van der Waals surface area contributed by atoms with E-state index in [1.165, 1.54) is 0 Å². The van der Waals surface area contributed by atoms with Crippen LogP contribution in [0.2, 0.25) is 0 Å². The summed E-state index contributed by atoms with van der Waals surface area (Å²) < 4.78 is 0. The molecule has 0 radical (unpaired) electrons. The minimum atomic E-state index is 0.0440. The molecule has 5 nitrogen and oxygen atoms in total. The number of aryl methyl sites for hydroxylation is 1. The molecule has 0 aliphatic carbocycles. The number of H-pyrrole nitrogens is 1. The van der Waals surface area contributed by atoms with Gasteiger partial charge in [0, 0.05) is 11.3 Å². The molecule has 0 amide bonds. The second-order valence-corrected chi connectivity index (χ2v) is 4.60. The van der Waals surface area contributed by atoms with Gasteiger partial charge in [0.25, 0.3) is 0 Å². The molecule has 1 aromatic carbocycles. The number of hydrogen-bond donors (Lipinski definition) is 3. The van der Waals surface area contributed by atoms with Gasteiger partial charge in [-0.15, -0.1) is 0 Å².